The zero-order valence-corrected chi connectivity index (χ0v) is 21.4. The van der Waals surface area contributed by atoms with E-state index in [1.165, 1.54) is 22.3 Å². The molecule has 3 atom stereocenters. The number of hydrogen-bond donors (Lipinski definition) is 1. The average Bonchev–Trinajstić information content (AvgIpc) is 2.83. The Bertz CT molecular complexity index is 1290. The highest BCUT2D eigenvalue weighted by Gasteiger charge is 2.49. The minimum Gasteiger partial charge on any atom is -0.329 e. The first kappa shape index (κ1) is 24.2. The summed E-state index contributed by atoms with van der Waals surface area (Å²) in [5.41, 5.74) is 11.9. The molecule has 6 heteroatoms. The topological polar surface area (TPSA) is 66.6 Å². The molecule has 184 valence electrons. The first-order chi connectivity index (χ1) is 16.9. The largest absolute Gasteiger partial charge is 0.329 e. The summed E-state index contributed by atoms with van der Waals surface area (Å²) in [6.07, 6.45) is 1.84. The van der Waals surface area contributed by atoms with Gasteiger partial charge >= 0.3 is 0 Å². The Balaban J connectivity index is 1.43. The zero-order chi connectivity index (χ0) is 24.6. The van der Waals surface area contributed by atoms with Gasteiger partial charge in [0.1, 0.15) is 0 Å². The van der Waals surface area contributed by atoms with Crippen LogP contribution in [0.15, 0.2) is 77.7 Å². The van der Waals surface area contributed by atoms with Gasteiger partial charge in [0.25, 0.3) is 0 Å². The normalized spacial score (nSPS) is 23.7. The van der Waals surface area contributed by atoms with E-state index in [0.29, 0.717) is 24.5 Å². The van der Waals surface area contributed by atoms with Gasteiger partial charge in [-0.3, -0.25) is 4.90 Å². The SMILES string of the molecule is Cc1cccc(-c2ccc(C3[C@@H](CN)N4CCCCN(S(=O)(=O)c5ccccc5C)C[C@@H]34)cc2)c1. The highest BCUT2D eigenvalue weighted by Crippen LogP contribution is 2.42. The standard InChI is InChI=1S/C29H35N3O2S/c1-21-8-7-10-25(18-21)23-12-14-24(15-13-23)29-26(19-30)32-17-6-5-16-31(20-27(29)32)35(33,34)28-11-4-3-9-22(28)2/h3-4,7-15,18,26-27,29H,5-6,16-17,19-20,30H2,1-2H3/t26-,27+,29?/m1/s1. The van der Waals surface area contributed by atoms with Gasteiger partial charge in [0.2, 0.25) is 10.0 Å². The maximum absolute atomic E-state index is 13.7. The van der Waals surface area contributed by atoms with Gasteiger partial charge in [0, 0.05) is 37.6 Å². The van der Waals surface area contributed by atoms with E-state index in [4.69, 9.17) is 5.73 Å². The molecule has 2 fully saturated rings. The molecule has 5 rings (SSSR count). The summed E-state index contributed by atoms with van der Waals surface area (Å²) < 4.78 is 29.0. The molecule has 0 amide bonds. The predicted octanol–water partition coefficient (Wildman–Crippen LogP) is 4.55. The van der Waals surface area contributed by atoms with Crippen LogP contribution in [-0.4, -0.2) is 55.9 Å². The predicted molar refractivity (Wildman–Crippen MR) is 142 cm³/mol. The maximum atomic E-state index is 13.7. The first-order valence-electron chi connectivity index (χ1n) is 12.6. The molecule has 3 aromatic carbocycles. The van der Waals surface area contributed by atoms with Crippen LogP contribution in [-0.2, 0) is 10.0 Å². The van der Waals surface area contributed by atoms with Crippen LogP contribution in [0.1, 0.15) is 35.4 Å². The van der Waals surface area contributed by atoms with Gasteiger partial charge in [0.15, 0.2) is 0 Å². The van der Waals surface area contributed by atoms with Crippen molar-refractivity contribution in [3.8, 4) is 11.1 Å². The summed E-state index contributed by atoms with van der Waals surface area (Å²) >= 11 is 0. The van der Waals surface area contributed by atoms with E-state index < -0.39 is 10.0 Å². The number of rotatable bonds is 5. The van der Waals surface area contributed by atoms with Crippen molar-refractivity contribution < 1.29 is 8.42 Å². The molecule has 0 saturated carbocycles. The third-order valence-electron chi connectivity index (χ3n) is 7.75. The van der Waals surface area contributed by atoms with Gasteiger partial charge in [0.05, 0.1) is 4.90 Å². The van der Waals surface area contributed by atoms with Gasteiger partial charge in [-0.2, -0.15) is 4.31 Å². The molecule has 2 aliphatic rings. The molecule has 5 nitrogen and oxygen atoms in total. The van der Waals surface area contributed by atoms with E-state index in [0.717, 1.165) is 24.9 Å². The Morgan fingerprint density at radius 3 is 2.34 bits per heavy atom. The van der Waals surface area contributed by atoms with Crippen molar-refractivity contribution in [1.29, 1.82) is 0 Å². The Morgan fingerprint density at radius 2 is 1.63 bits per heavy atom. The number of hydrogen-bond acceptors (Lipinski definition) is 4. The monoisotopic (exact) mass is 489 g/mol. The number of nitrogens with two attached hydrogens (primary N) is 1. The van der Waals surface area contributed by atoms with E-state index in [-0.39, 0.29) is 18.0 Å². The van der Waals surface area contributed by atoms with Crippen LogP contribution < -0.4 is 5.73 Å². The number of sulfonamides is 1. The molecule has 2 heterocycles. The molecule has 0 aromatic heterocycles. The van der Waals surface area contributed by atoms with Gasteiger partial charge in [-0.25, -0.2) is 8.42 Å². The van der Waals surface area contributed by atoms with Gasteiger partial charge < -0.3 is 5.73 Å². The molecule has 1 unspecified atom stereocenters. The minimum absolute atomic E-state index is 0.132. The van der Waals surface area contributed by atoms with Crippen molar-refractivity contribution in [2.45, 2.75) is 49.6 Å². The second kappa shape index (κ2) is 9.86. The third kappa shape index (κ3) is 4.56. The molecular formula is C29H35N3O2S. The molecule has 0 bridgehead atoms. The molecule has 0 spiro atoms. The fraction of sp³-hybridized carbons (Fsp3) is 0.379. The molecule has 2 aliphatic heterocycles. The second-order valence-electron chi connectivity index (χ2n) is 9.96. The van der Waals surface area contributed by atoms with Crippen molar-refractivity contribution >= 4 is 10.0 Å². The molecule has 2 N–H and O–H groups in total. The van der Waals surface area contributed by atoms with Gasteiger partial charge in [-0.15, -0.1) is 0 Å². The van der Waals surface area contributed by atoms with Crippen LogP contribution in [0.25, 0.3) is 11.1 Å². The van der Waals surface area contributed by atoms with Crippen molar-refractivity contribution in [3.63, 3.8) is 0 Å². The smallest absolute Gasteiger partial charge is 0.243 e. The molecular weight excluding hydrogens is 454 g/mol. The van der Waals surface area contributed by atoms with Crippen LogP contribution in [0.2, 0.25) is 0 Å². The Hall–Kier alpha value is -2.51. The zero-order valence-electron chi connectivity index (χ0n) is 20.6. The highest BCUT2D eigenvalue weighted by molar-refractivity contribution is 7.89. The Kier molecular flexibility index (Phi) is 6.82. The summed E-state index contributed by atoms with van der Waals surface area (Å²) in [4.78, 5) is 2.86. The molecule has 3 aromatic rings. The second-order valence-corrected chi connectivity index (χ2v) is 11.9. The summed E-state index contributed by atoms with van der Waals surface area (Å²) in [5, 5.41) is 0. The average molecular weight is 490 g/mol. The number of fused-ring (bicyclic) bond motifs is 1. The van der Waals surface area contributed by atoms with Gasteiger partial charge in [-0.1, -0.05) is 72.3 Å². The fourth-order valence-electron chi connectivity index (χ4n) is 5.90. The first-order valence-corrected chi connectivity index (χ1v) is 14.0. The number of aryl methyl sites for hydroxylation is 2. The summed E-state index contributed by atoms with van der Waals surface area (Å²) in [6, 6.07) is 25.0. The maximum Gasteiger partial charge on any atom is 0.243 e. The fourth-order valence-corrected chi connectivity index (χ4v) is 7.62. The highest BCUT2D eigenvalue weighted by atomic mass is 32.2. The summed E-state index contributed by atoms with van der Waals surface area (Å²) in [5.74, 6) is 0.222. The van der Waals surface area contributed by atoms with Crippen LogP contribution in [0.4, 0.5) is 0 Å². The van der Waals surface area contributed by atoms with Crippen LogP contribution >= 0.6 is 0 Å². The van der Waals surface area contributed by atoms with Gasteiger partial charge in [-0.05, 0) is 61.6 Å². The number of nitrogens with zero attached hydrogens (tertiary/aromatic N) is 2. The van der Waals surface area contributed by atoms with Crippen molar-refractivity contribution in [3.05, 3.63) is 89.5 Å². The van der Waals surface area contributed by atoms with E-state index in [1.54, 1.807) is 10.4 Å². The molecule has 0 radical (unpaired) electrons. The van der Waals surface area contributed by atoms with E-state index >= 15 is 0 Å². The lowest BCUT2D eigenvalue weighted by Crippen LogP contribution is -2.68. The minimum atomic E-state index is -3.56. The van der Waals surface area contributed by atoms with E-state index in [9.17, 15) is 8.42 Å². The third-order valence-corrected chi connectivity index (χ3v) is 9.77. The van der Waals surface area contributed by atoms with Crippen molar-refractivity contribution in [2.75, 3.05) is 26.2 Å². The lowest BCUT2D eigenvalue weighted by Gasteiger charge is -2.57. The summed E-state index contributed by atoms with van der Waals surface area (Å²) in [6.45, 7) is 6.59. The van der Waals surface area contributed by atoms with Crippen molar-refractivity contribution in [2.24, 2.45) is 5.73 Å². The lowest BCUT2D eigenvalue weighted by molar-refractivity contribution is -0.0261. The molecule has 0 aliphatic carbocycles. The Morgan fingerprint density at radius 1 is 0.886 bits per heavy atom. The lowest BCUT2D eigenvalue weighted by atomic mass is 9.74. The molecule has 35 heavy (non-hydrogen) atoms. The van der Waals surface area contributed by atoms with Crippen LogP contribution in [0, 0.1) is 13.8 Å². The quantitative estimate of drug-likeness (QED) is 0.571. The number of benzene rings is 3. The Labute approximate surface area is 209 Å². The van der Waals surface area contributed by atoms with Crippen molar-refractivity contribution in [1.82, 2.24) is 9.21 Å². The summed E-state index contributed by atoms with van der Waals surface area (Å²) in [7, 11) is -3.56. The van der Waals surface area contributed by atoms with Crippen LogP contribution in [0.3, 0.4) is 0 Å². The van der Waals surface area contributed by atoms with Crippen LogP contribution in [0.5, 0.6) is 0 Å². The van der Waals surface area contributed by atoms with E-state index in [2.05, 4.69) is 60.4 Å². The molecule has 2 saturated heterocycles. The van der Waals surface area contributed by atoms with E-state index in [1.807, 2.05) is 25.1 Å².